The smallest absolute Gasteiger partial charge is 0.232 e. The molecular weight excluding hydrogens is 1420 g/mol. The summed E-state index contributed by atoms with van der Waals surface area (Å²) in [6, 6.07) is 21.6. The first kappa shape index (κ1) is 41.5. The van der Waals surface area contributed by atoms with Gasteiger partial charge in [0.25, 0.3) is 0 Å². The predicted molar refractivity (Wildman–Crippen MR) is 177 cm³/mol. The van der Waals surface area contributed by atoms with Crippen LogP contribution in [-0.4, -0.2) is 88.2 Å². The van der Waals surface area contributed by atoms with Crippen LogP contribution in [0.5, 0.6) is 17.2 Å². The Kier molecular flexibility index (Phi) is 17.3. The Hall–Kier alpha value is -7.57. The fourth-order valence-corrected chi connectivity index (χ4v) is 4.15. The molecule has 0 radical (unpaired) electrons. The van der Waals surface area contributed by atoms with E-state index in [4.69, 9.17) is 14.2 Å². The molecule has 3 unspecified atom stereocenters. The van der Waals surface area contributed by atoms with Crippen molar-refractivity contribution in [3.05, 3.63) is 106 Å². The summed E-state index contributed by atoms with van der Waals surface area (Å²) < 4.78 is 30.8. The molecule has 0 saturated heterocycles. The molecule has 0 aliphatic carbocycles. The zero-order chi connectivity index (χ0) is 34.1. The Labute approximate surface area is 279 Å². The average Bonchev–Trinajstić information content (AvgIpc) is 3.08. The predicted octanol–water partition coefficient (Wildman–Crippen LogP) is 3.59. The molecule has 264 valence electrons. The van der Waals surface area contributed by atoms with Crippen LogP contribution < -0.4 is 24.8 Å². The topological polar surface area (TPSA) is 179 Å². The molecule has 3 atom stereocenters. The zero-order valence-electron chi connectivity index (χ0n) is 28.5. The molecule has 0 aliphatic rings. The van der Waals surface area contributed by atoms with Gasteiger partial charge in [-0.3, -0.25) is 0 Å². The van der Waals surface area contributed by atoms with Gasteiger partial charge in [-0.05, 0) is 66.2 Å². The van der Waals surface area contributed by atoms with E-state index < -0.39 is 18.3 Å². The van der Waals surface area contributed by atoms with Gasteiger partial charge in [-0.25, -0.2) is 21.3 Å². The summed E-state index contributed by atoms with van der Waals surface area (Å²) in [6.07, 6.45) is -1.97. The van der Waals surface area contributed by atoms with E-state index in [0.29, 0.717) is 52.8 Å². The standard InChI is InChI=1S/C34H40N5O9.3Rf/c1-43-17-26(40)20-46-29-10-4-23(5-11-29)16-32-37-33(35-24-6-12-30(13-7-24)47-21-27(41)18-44-2)39-34(38-32)36-25-8-14-31(15-9-25)48-22-28(42)19-45-3;;;/h4-15,26-28,40-42H,1-3,16-22H2,(H2,35,36,37,38,39);;;/q-3;;;. The fraction of sp³-hybridized carbons (Fsp3) is 0.294. The molecule has 1 aromatic heterocycles. The normalized spacial score (nSPS) is 12.2. The Morgan fingerprint density at radius 2 is 0.824 bits per heavy atom. The molecule has 17 heteroatoms. The first-order valence-electron chi connectivity index (χ1n) is 14.9. The first-order valence-corrected chi connectivity index (χ1v) is 14.9. The first-order chi connectivity index (χ1) is 23.3. The van der Waals surface area contributed by atoms with Crippen molar-refractivity contribution in [1.29, 1.82) is 0 Å². The van der Waals surface area contributed by atoms with E-state index in [-0.39, 0.29) is 39.6 Å². The van der Waals surface area contributed by atoms with E-state index in [9.17, 15) is 15.3 Å². The maximum Gasteiger partial charge on any atom is 0.232 e. The van der Waals surface area contributed by atoms with Crippen LogP contribution in [0.15, 0.2) is 72.8 Å². The van der Waals surface area contributed by atoms with Gasteiger partial charge < -0.3 is 54.4 Å². The van der Waals surface area contributed by atoms with Gasteiger partial charge in [-0.2, -0.15) is 15.0 Å². The Bertz CT molecular complexity index is 1320. The fourth-order valence-electron chi connectivity index (χ4n) is 4.15. The summed E-state index contributed by atoms with van der Waals surface area (Å²) in [5.41, 5.74) is 2.33. The van der Waals surface area contributed by atoms with Crippen molar-refractivity contribution in [3.8, 4) is 17.2 Å². The minimum absolute atomic E-state index is 0. The van der Waals surface area contributed by atoms with E-state index in [1.165, 1.54) is 0 Å². The summed E-state index contributed by atoms with van der Waals surface area (Å²) >= 11 is 0. The molecule has 0 aliphatic heterocycles. The van der Waals surface area contributed by atoms with Gasteiger partial charge in [0.1, 0.15) is 61.2 Å². The van der Waals surface area contributed by atoms with Crippen molar-refractivity contribution in [3.63, 3.8) is 0 Å². The number of rotatable bonds is 21. The van der Waals surface area contributed by atoms with Crippen LogP contribution in [0.3, 0.4) is 0 Å². The van der Waals surface area contributed by atoms with Gasteiger partial charge in [0, 0.05) is 37.6 Å². The number of nitrogens with zero attached hydrogens (tertiary/aromatic N) is 3. The van der Waals surface area contributed by atoms with E-state index >= 15 is 0 Å². The minimum atomic E-state index is -0.791. The number of benzene rings is 3. The van der Waals surface area contributed by atoms with E-state index in [2.05, 4.69) is 61.1 Å². The van der Waals surface area contributed by atoms with Gasteiger partial charge in [-0.15, -0.1) is 0 Å². The van der Waals surface area contributed by atoms with Crippen LogP contribution in [0, 0.1) is 21.3 Å². The summed E-state index contributed by atoms with van der Waals surface area (Å²) in [4.78, 5) is 13.9. The number of aromatic nitrogens is 3. The number of anilines is 4. The van der Waals surface area contributed by atoms with Crippen LogP contribution in [0.2, 0.25) is 0 Å². The number of aliphatic hydroxyl groups excluding tert-OH is 3. The third kappa shape index (κ3) is 14.0. The molecule has 0 saturated carbocycles. The molecule has 0 fully saturated rings. The Balaban J connectivity index is 0.00000433. The Morgan fingerprint density at radius 3 is 1.16 bits per heavy atom. The van der Waals surface area contributed by atoms with Crippen molar-refractivity contribution >= 4 is 23.3 Å². The summed E-state index contributed by atoms with van der Waals surface area (Å²) in [5, 5.41) is 35.8. The monoisotopic (exact) mass is 1460 g/mol. The second-order valence-electron chi connectivity index (χ2n) is 10.5. The summed E-state index contributed by atoms with van der Waals surface area (Å²) in [5.74, 6) is 2.84. The van der Waals surface area contributed by atoms with E-state index in [1.54, 1.807) is 60.7 Å². The van der Waals surface area contributed by atoms with Crippen LogP contribution in [0.25, 0.3) is 0 Å². The maximum absolute atomic E-state index is 9.81. The van der Waals surface area contributed by atoms with Gasteiger partial charge >= 0.3 is 0 Å². The number of aliphatic hydroxyl groups is 3. The molecule has 0 amide bonds. The van der Waals surface area contributed by atoms with E-state index in [1.807, 2.05) is 12.1 Å². The van der Waals surface area contributed by atoms with Crippen LogP contribution in [-0.2, 0) is 20.6 Å². The van der Waals surface area contributed by atoms with Gasteiger partial charge in [0.2, 0.25) is 11.9 Å². The van der Waals surface area contributed by atoms with Gasteiger partial charge in [-0.1, -0.05) is 12.1 Å². The molecule has 0 bridgehead atoms. The summed E-state index contributed by atoms with van der Waals surface area (Å²) in [7, 11) is 9.76. The van der Waals surface area contributed by atoms with Crippen molar-refractivity contribution < 1.29 is 43.7 Å². The number of nitrogens with one attached hydrogen (secondary N) is 2. The van der Waals surface area contributed by atoms with Crippen molar-refractivity contribution in [1.82, 2.24) is 15.0 Å². The van der Waals surface area contributed by atoms with Gasteiger partial charge in [0.05, 0.1) is 0 Å². The van der Waals surface area contributed by atoms with E-state index in [0.717, 1.165) is 5.56 Å². The number of ether oxygens (including phenoxy) is 6. The van der Waals surface area contributed by atoms with Crippen molar-refractivity contribution in [2.24, 2.45) is 0 Å². The molecule has 14 nitrogen and oxygen atoms in total. The van der Waals surface area contributed by atoms with Crippen molar-refractivity contribution in [2.45, 2.75) is 24.7 Å². The molecule has 51 heavy (non-hydrogen) atoms. The van der Waals surface area contributed by atoms with Crippen LogP contribution in [0.1, 0.15) is 11.4 Å². The maximum atomic E-state index is 9.81. The molecule has 5 N–H and O–H groups in total. The largest absolute Gasteiger partial charge is 0.553 e. The second-order valence-corrected chi connectivity index (χ2v) is 10.5. The molecule has 1 heterocycles. The summed E-state index contributed by atoms with van der Waals surface area (Å²) in [6.45, 7) is 0.427. The molecular formula is C34H40N5O9Rf3-3. The molecule has 3 aromatic carbocycles. The molecule has 0 spiro atoms. The van der Waals surface area contributed by atoms with Crippen molar-refractivity contribution in [2.75, 3.05) is 50.3 Å². The average molecular weight is 1460 g/mol. The molecule has 4 rings (SSSR count). The molecule has 4 aromatic rings. The third-order valence-corrected chi connectivity index (χ3v) is 6.45. The van der Waals surface area contributed by atoms with Gasteiger partial charge in [0.15, 0.2) is 0 Å². The minimum Gasteiger partial charge on any atom is -0.553 e. The Morgan fingerprint density at radius 1 is 0.490 bits per heavy atom. The number of hydrogen-bond donors (Lipinski definition) is 5. The third-order valence-electron chi connectivity index (χ3n) is 6.45. The number of hydrogen-bond acceptors (Lipinski definition) is 14. The van der Waals surface area contributed by atoms with Crippen LogP contribution >= 0.6 is 0 Å². The SMILES string of the molecule is [CH2-]OCC(O)COc1ccc(Cc2nc(Nc3ccc(OCC(O)CO[CH2-])cc3)nc(Nc3ccc(OCC(O)CO[CH2-])cc3)n2)cc1.[Rf].[Rf].[Rf]. The second kappa shape index (κ2) is 21.3. The quantitative estimate of drug-likeness (QED) is 0.0765. The zero-order valence-corrected chi connectivity index (χ0v) is 47.7. The van der Waals surface area contributed by atoms with Crippen LogP contribution in [0.4, 0.5) is 23.3 Å².